The Morgan fingerprint density at radius 3 is 2.88 bits per heavy atom. The highest BCUT2D eigenvalue weighted by Crippen LogP contribution is 2.22. The maximum Gasteiger partial charge on any atom is 0.166 e. The second kappa shape index (κ2) is 5.71. The minimum Gasteiger partial charge on any atom is -0.252 e. The SMILES string of the molecule is N#Cc1ccc(-c2nnc(CCCCl)s2)nc1. The molecule has 4 nitrogen and oxygen atoms in total. The van der Waals surface area contributed by atoms with Crippen molar-refractivity contribution in [3.05, 3.63) is 28.9 Å². The Balaban J connectivity index is 2.16. The summed E-state index contributed by atoms with van der Waals surface area (Å²) >= 11 is 7.14. The Hall–Kier alpha value is -1.51. The van der Waals surface area contributed by atoms with E-state index in [0.717, 1.165) is 28.6 Å². The van der Waals surface area contributed by atoms with Crippen LogP contribution >= 0.6 is 22.9 Å². The number of pyridine rings is 1. The monoisotopic (exact) mass is 264 g/mol. The van der Waals surface area contributed by atoms with Crippen LogP contribution in [0, 0.1) is 11.3 Å². The molecule has 2 aromatic rings. The molecule has 2 rings (SSSR count). The molecule has 86 valence electrons. The highest BCUT2D eigenvalue weighted by Gasteiger charge is 2.07. The minimum absolute atomic E-state index is 0.542. The summed E-state index contributed by atoms with van der Waals surface area (Å²) in [5.41, 5.74) is 1.29. The van der Waals surface area contributed by atoms with Gasteiger partial charge in [-0.1, -0.05) is 11.3 Å². The van der Waals surface area contributed by atoms with E-state index in [2.05, 4.69) is 15.2 Å². The van der Waals surface area contributed by atoms with Crippen molar-refractivity contribution in [2.24, 2.45) is 0 Å². The molecule has 6 heteroatoms. The highest BCUT2D eigenvalue weighted by molar-refractivity contribution is 7.14. The molecule has 0 atom stereocenters. The normalized spacial score (nSPS) is 10.1. The molecule has 0 amide bonds. The van der Waals surface area contributed by atoms with Crippen molar-refractivity contribution in [3.8, 4) is 16.8 Å². The number of hydrogen-bond acceptors (Lipinski definition) is 5. The van der Waals surface area contributed by atoms with Crippen LogP contribution in [-0.4, -0.2) is 21.1 Å². The van der Waals surface area contributed by atoms with E-state index < -0.39 is 0 Å². The first-order valence-corrected chi connectivity index (χ1v) is 6.43. The largest absolute Gasteiger partial charge is 0.252 e. The molecular formula is C11H9ClN4S. The van der Waals surface area contributed by atoms with E-state index in [-0.39, 0.29) is 0 Å². The molecular weight excluding hydrogens is 256 g/mol. The summed E-state index contributed by atoms with van der Waals surface area (Å²) in [6, 6.07) is 5.54. The molecule has 2 aromatic heterocycles. The summed E-state index contributed by atoms with van der Waals surface area (Å²) < 4.78 is 0. The van der Waals surface area contributed by atoms with Gasteiger partial charge < -0.3 is 0 Å². The zero-order valence-electron chi connectivity index (χ0n) is 8.93. The van der Waals surface area contributed by atoms with E-state index in [1.54, 1.807) is 12.1 Å². The van der Waals surface area contributed by atoms with Gasteiger partial charge in [-0.05, 0) is 18.6 Å². The van der Waals surface area contributed by atoms with Crippen LogP contribution in [0.5, 0.6) is 0 Å². The fourth-order valence-corrected chi connectivity index (χ4v) is 2.25. The van der Waals surface area contributed by atoms with Gasteiger partial charge in [0.05, 0.1) is 5.56 Å². The Bertz CT molecular complexity index is 529. The molecule has 0 radical (unpaired) electrons. The molecule has 17 heavy (non-hydrogen) atoms. The van der Waals surface area contributed by atoms with E-state index in [1.165, 1.54) is 17.5 Å². The maximum atomic E-state index is 8.67. The fraction of sp³-hybridized carbons (Fsp3) is 0.273. The topological polar surface area (TPSA) is 62.5 Å². The molecule has 0 N–H and O–H groups in total. The lowest BCUT2D eigenvalue weighted by molar-refractivity contribution is 0.883. The van der Waals surface area contributed by atoms with Gasteiger partial charge in [-0.2, -0.15) is 5.26 Å². The van der Waals surface area contributed by atoms with Crippen molar-refractivity contribution in [2.75, 3.05) is 5.88 Å². The van der Waals surface area contributed by atoms with Crippen LogP contribution in [0.15, 0.2) is 18.3 Å². The van der Waals surface area contributed by atoms with Gasteiger partial charge in [0.25, 0.3) is 0 Å². The third-order valence-corrected chi connectivity index (χ3v) is 3.38. The van der Waals surface area contributed by atoms with E-state index in [9.17, 15) is 0 Å². The van der Waals surface area contributed by atoms with Crippen molar-refractivity contribution in [2.45, 2.75) is 12.8 Å². The molecule has 0 spiro atoms. The van der Waals surface area contributed by atoms with Crippen LogP contribution < -0.4 is 0 Å². The van der Waals surface area contributed by atoms with Gasteiger partial charge in [-0.25, -0.2) is 0 Å². The van der Waals surface area contributed by atoms with Gasteiger partial charge in [0.2, 0.25) is 0 Å². The number of alkyl halides is 1. The Morgan fingerprint density at radius 2 is 2.24 bits per heavy atom. The summed E-state index contributed by atoms with van der Waals surface area (Å²) in [5, 5.41) is 18.6. The molecule has 0 fully saturated rings. The fourth-order valence-electron chi connectivity index (χ4n) is 1.26. The summed E-state index contributed by atoms with van der Waals surface area (Å²) in [5.74, 6) is 0.629. The van der Waals surface area contributed by atoms with Crippen LogP contribution in [0.25, 0.3) is 10.7 Å². The average Bonchev–Trinajstić information content (AvgIpc) is 2.85. The number of hydrogen-bond donors (Lipinski definition) is 0. The molecule has 0 saturated heterocycles. The Labute approximate surface area is 108 Å². The Kier molecular flexibility index (Phi) is 4.02. The van der Waals surface area contributed by atoms with Crippen molar-refractivity contribution in [1.29, 1.82) is 5.26 Å². The smallest absolute Gasteiger partial charge is 0.166 e. The minimum atomic E-state index is 0.542. The second-order valence-electron chi connectivity index (χ2n) is 3.34. The van der Waals surface area contributed by atoms with Crippen LogP contribution in [0.1, 0.15) is 17.0 Å². The van der Waals surface area contributed by atoms with Crippen LogP contribution in [0.4, 0.5) is 0 Å². The summed E-state index contributed by atoms with van der Waals surface area (Å²) in [6.45, 7) is 0. The third kappa shape index (κ3) is 2.99. The van der Waals surface area contributed by atoms with Crippen molar-refractivity contribution >= 4 is 22.9 Å². The number of nitriles is 1. The molecule has 0 aromatic carbocycles. The standard InChI is InChI=1S/C11H9ClN4S/c12-5-1-2-10-15-16-11(17-10)9-4-3-8(6-13)7-14-9/h3-4,7H,1-2,5H2. The first-order valence-electron chi connectivity index (χ1n) is 5.08. The Morgan fingerprint density at radius 1 is 1.35 bits per heavy atom. The van der Waals surface area contributed by atoms with Gasteiger partial charge in [-0.3, -0.25) is 4.98 Å². The first-order chi connectivity index (χ1) is 8.33. The lowest BCUT2D eigenvalue weighted by Crippen LogP contribution is -1.84. The first kappa shape index (κ1) is 12.0. The lowest BCUT2D eigenvalue weighted by Gasteiger charge is -1.93. The highest BCUT2D eigenvalue weighted by atomic mass is 35.5. The number of halogens is 1. The van der Waals surface area contributed by atoms with E-state index >= 15 is 0 Å². The maximum absolute atomic E-state index is 8.67. The van der Waals surface area contributed by atoms with E-state index in [1.807, 2.05) is 6.07 Å². The van der Waals surface area contributed by atoms with Gasteiger partial charge in [-0.15, -0.1) is 21.8 Å². The van der Waals surface area contributed by atoms with Crippen LogP contribution in [0.3, 0.4) is 0 Å². The molecule has 0 unspecified atom stereocenters. The summed E-state index contributed by atoms with van der Waals surface area (Å²) in [6.07, 6.45) is 3.28. The summed E-state index contributed by atoms with van der Waals surface area (Å²) in [4.78, 5) is 4.17. The van der Waals surface area contributed by atoms with Gasteiger partial charge in [0, 0.05) is 18.5 Å². The van der Waals surface area contributed by atoms with Gasteiger partial charge in [0.1, 0.15) is 16.8 Å². The average molecular weight is 265 g/mol. The van der Waals surface area contributed by atoms with E-state index in [4.69, 9.17) is 16.9 Å². The van der Waals surface area contributed by atoms with Crippen molar-refractivity contribution < 1.29 is 0 Å². The number of rotatable bonds is 4. The molecule has 0 bridgehead atoms. The van der Waals surface area contributed by atoms with Crippen LogP contribution in [-0.2, 0) is 6.42 Å². The van der Waals surface area contributed by atoms with Crippen molar-refractivity contribution in [3.63, 3.8) is 0 Å². The van der Waals surface area contributed by atoms with Crippen molar-refractivity contribution in [1.82, 2.24) is 15.2 Å². The quantitative estimate of drug-likeness (QED) is 0.797. The third-order valence-electron chi connectivity index (χ3n) is 2.10. The van der Waals surface area contributed by atoms with Gasteiger partial charge >= 0.3 is 0 Å². The molecule has 0 aliphatic heterocycles. The summed E-state index contributed by atoms with van der Waals surface area (Å²) in [7, 11) is 0. The predicted molar refractivity (Wildman–Crippen MR) is 66.9 cm³/mol. The second-order valence-corrected chi connectivity index (χ2v) is 4.78. The predicted octanol–water partition coefficient (Wildman–Crippen LogP) is 2.64. The molecule has 0 aliphatic carbocycles. The number of aromatic nitrogens is 3. The zero-order chi connectivity index (χ0) is 12.1. The van der Waals surface area contributed by atoms with Gasteiger partial charge in [0.15, 0.2) is 5.01 Å². The molecule has 0 aliphatic rings. The molecule has 0 saturated carbocycles. The number of nitrogens with zero attached hydrogens (tertiary/aromatic N) is 4. The van der Waals surface area contributed by atoms with Crippen LogP contribution in [0.2, 0.25) is 0 Å². The lowest BCUT2D eigenvalue weighted by atomic mass is 10.3. The molecule has 2 heterocycles. The zero-order valence-corrected chi connectivity index (χ0v) is 10.5. The number of aryl methyl sites for hydroxylation is 1. The van der Waals surface area contributed by atoms with E-state index in [0.29, 0.717) is 11.4 Å².